The third-order valence-electron chi connectivity index (χ3n) is 4.02. The molecule has 0 unspecified atom stereocenters. The molecule has 0 aromatic heterocycles. The molecule has 25 heavy (non-hydrogen) atoms. The van der Waals surface area contributed by atoms with Crippen LogP contribution in [0.1, 0.15) is 11.1 Å². The molecule has 1 saturated heterocycles. The summed E-state index contributed by atoms with van der Waals surface area (Å²) in [6, 6.07) is 10.5. The highest BCUT2D eigenvalue weighted by atomic mass is 35.5. The molecule has 0 atom stereocenters. The van der Waals surface area contributed by atoms with E-state index >= 15 is 0 Å². The first-order valence-electron chi connectivity index (χ1n) is 8.13. The van der Waals surface area contributed by atoms with Crippen LogP contribution in [0.4, 0.5) is 0 Å². The molecule has 2 aromatic rings. The van der Waals surface area contributed by atoms with Gasteiger partial charge in [0.2, 0.25) is 10.0 Å². The van der Waals surface area contributed by atoms with Crippen LogP contribution in [0.2, 0.25) is 5.02 Å². The number of rotatable bonds is 4. The van der Waals surface area contributed by atoms with Crippen molar-refractivity contribution in [3.05, 3.63) is 52.5 Å². The Morgan fingerprint density at radius 1 is 1.04 bits per heavy atom. The maximum atomic E-state index is 13.0. The van der Waals surface area contributed by atoms with Gasteiger partial charge in [-0.1, -0.05) is 17.7 Å². The highest BCUT2D eigenvalue weighted by Crippen LogP contribution is 2.33. The van der Waals surface area contributed by atoms with Crippen molar-refractivity contribution in [1.82, 2.24) is 9.62 Å². The zero-order valence-corrected chi connectivity index (χ0v) is 15.8. The molecule has 0 aliphatic carbocycles. The van der Waals surface area contributed by atoms with Crippen LogP contribution in [0.15, 0.2) is 41.3 Å². The van der Waals surface area contributed by atoms with E-state index < -0.39 is 10.0 Å². The highest BCUT2D eigenvalue weighted by molar-refractivity contribution is 7.89. The standard InChI is InChI=1S/C18H21ClN2O3S/c1-13-9-14(2)11-16(10-13)24-17-4-3-15(19)12-18(17)25(22,23)21-7-5-20-6-8-21/h3-4,9-12,20H,5-8H2,1-2H3. The number of piperazine rings is 1. The van der Waals surface area contributed by atoms with Crippen molar-refractivity contribution in [2.75, 3.05) is 26.2 Å². The fourth-order valence-electron chi connectivity index (χ4n) is 2.91. The Kier molecular flexibility index (Phi) is 5.34. The summed E-state index contributed by atoms with van der Waals surface area (Å²) in [5, 5.41) is 3.52. The van der Waals surface area contributed by atoms with Gasteiger partial charge >= 0.3 is 0 Å². The van der Waals surface area contributed by atoms with E-state index in [1.54, 1.807) is 12.1 Å². The molecule has 0 amide bonds. The second-order valence-corrected chi connectivity index (χ2v) is 8.51. The Balaban J connectivity index is 2.00. The SMILES string of the molecule is Cc1cc(C)cc(Oc2ccc(Cl)cc2S(=O)(=O)N2CCNCC2)c1. The molecular weight excluding hydrogens is 360 g/mol. The maximum Gasteiger partial charge on any atom is 0.246 e. The van der Waals surface area contributed by atoms with Crippen molar-refractivity contribution in [2.45, 2.75) is 18.7 Å². The third-order valence-corrected chi connectivity index (χ3v) is 6.18. The van der Waals surface area contributed by atoms with Crippen molar-refractivity contribution in [2.24, 2.45) is 0 Å². The number of benzene rings is 2. The Morgan fingerprint density at radius 3 is 2.32 bits per heavy atom. The fourth-order valence-corrected chi connectivity index (χ4v) is 4.73. The molecule has 5 nitrogen and oxygen atoms in total. The summed E-state index contributed by atoms with van der Waals surface area (Å²) in [4.78, 5) is 0.0982. The summed E-state index contributed by atoms with van der Waals surface area (Å²) in [7, 11) is -3.67. The van der Waals surface area contributed by atoms with Crippen LogP contribution in [0.3, 0.4) is 0 Å². The van der Waals surface area contributed by atoms with Crippen molar-refractivity contribution in [3.63, 3.8) is 0 Å². The van der Waals surface area contributed by atoms with Crippen LogP contribution in [-0.4, -0.2) is 38.9 Å². The van der Waals surface area contributed by atoms with Gasteiger partial charge in [0, 0.05) is 31.2 Å². The van der Waals surface area contributed by atoms with Crippen molar-refractivity contribution < 1.29 is 13.2 Å². The van der Waals surface area contributed by atoms with Crippen molar-refractivity contribution >= 4 is 21.6 Å². The molecule has 0 bridgehead atoms. The summed E-state index contributed by atoms with van der Waals surface area (Å²) in [6.07, 6.45) is 0. The second kappa shape index (κ2) is 7.33. The van der Waals surface area contributed by atoms with Gasteiger partial charge in [0.1, 0.15) is 16.4 Å². The topological polar surface area (TPSA) is 58.6 Å². The smallest absolute Gasteiger partial charge is 0.246 e. The van der Waals surface area contributed by atoms with Gasteiger partial charge < -0.3 is 10.1 Å². The predicted molar refractivity (Wildman–Crippen MR) is 99.1 cm³/mol. The van der Waals surface area contributed by atoms with E-state index in [1.165, 1.54) is 10.4 Å². The lowest BCUT2D eigenvalue weighted by atomic mass is 10.1. The molecular formula is C18H21ClN2O3S. The average molecular weight is 381 g/mol. The number of sulfonamides is 1. The van der Waals surface area contributed by atoms with E-state index in [4.69, 9.17) is 16.3 Å². The molecule has 0 spiro atoms. The molecule has 1 N–H and O–H groups in total. The lowest BCUT2D eigenvalue weighted by molar-refractivity contribution is 0.358. The Bertz CT molecular complexity index is 858. The molecule has 3 rings (SSSR count). The largest absolute Gasteiger partial charge is 0.456 e. The Morgan fingerprint density at radius 2 is 1.68 bits per heavy atom. The zero-order chi connectivity index (χ0) is 18.0. The minimum absolute atomic E-state index is 0.0982. The molecule has 1 heterocycles. The van der Waals surface area contributed by atoms with E-state index in [1.807, 2.05) is 32.0 Å². The minimum atomic E-state index is -3.67. The zero-order valence-electron chi connectivity index (χ0n) is 14.3. The quantitative estimate of drug-likeness (QED) is 0.883. The molecule has 134 valence electrons. The lowest BCUT2D eigenvalue weighted by Crippen LogP contribution is -2.46. The van der Waals surface area contributed by atoms with Crippen molar-refractivity contribution in [1.29, 1.82) is 0 Å². The van der Waals surface area contributed by atoms with Gasteiger partial charge in [-0.2, -0.15) is 4.31 Å². The van der Waals surface area contributed by atoms with Crippen LogP contribution in [-0.2, 0) is 10.0 Å². The van der Waals surface area contributed by atoms with Crippen LogP contribution in [0.25, 0.3) is 0 Å². The van der Waals surface area contributed by atoms with Crippen LogP contribution < -0.4 is 10.1 Å². The maximum absolute atomic E-state index is 13.0. The molecule has 1 fully saturated rings. The van der Waals surface area contributed by atoms with Crippen LogP contribution in [0.5, 0.6) is 11.5 Å². The number of aryl methyl sites for hydroxylation is 2. The molecule has 1 aliphatic heterocycles. The van der Waals surface area contributed by atoms with Gasteiger partial charge in [-0.25, -0.2) is 8.42 Å². The molecule has 0 saturated carbocycles. The third kappa shape index (κ3) is 4.15. The highest BCUT2D eigenvalue weighted by Gasteiger charge is 2.29. The van der Waals surface area contributed by atoms with E-state index in [0.717, 1.165) is 11.1 Å². The molecule has 7 heteroatoms. The van der Waals surface area contributed by atoms with E-state index in [2.05, 4.69) is 5.32 Å². The monoisotopic (exact) mass is 380 g/mol. The van der Waals surface area contributed by atoms with Gasteiger partial charge in [-0.15, -0.1) is 0 Å². The first-order valence-corrected chi connectivity index (χ1v) is 9.94. The van der Waals surface area contributed by atoms with E-state index in [9.17, 15) is 8.42 Å². The summed E-state index contributed by atoms with van der Waals surface area (Å²) in [5.41, 5.74) is 2.10. The second-order valence-electron chi connectivity index (χ2n) is 6.17. The normalized spacial score (nSPS) is 16.0. The number of nitrogens with one attached hydrogen (secondary N) is 1. The Labute approximate surface area is 153 Å². The van der Waals surface area contributed by atoms with Gasteiger partial charge in [-0.05, 0) is 55.3 Å². The molecule has 0 radical (unpaired) electrons. The predicted octanol–water partition coefficient (Wildman–Crippen LogP) is 3.34. The van der Waals surface area contributed by atoms with Gasteiger partial charge in [0.05, 0.1) is 0 Å². The first kappa shape index (κ1) is 18.2. The average Bonchev–Trinajstić information content (AvgIpc) is 2.56. The Hall–Kier alpha value is -1.60. The van der Waals surface area contributed by atoms with Gasteiger partial charge in [0.25, 0.3) is 0 Å². The number of nitrogens with zero attached hydrogens (tertiary/aromatic N) is 1. The van der Waals surface area contributed by atoms with Gasteiger partial charge in [0.15, 0.2) is 0 Å². The summed E-state index contributed by atoms with van der Waals surface area (Å²) >= 11 is 6.06. The summed E-state index contributed by atoms with van der Waals surface area (Å²) in [5.74, 6) is 0.893. The van der Waals surface area contributed by atoms with Crippen LogP contribution in [0, 0.1) is 13.8 Å². The number of hydrogen-bond donors (Lipinski definition) is 1. The van der Waals surface area contributed by atoms with Crippen molar-refractivity contribution in [3.8, 4) is 11.5 Å². The summed E-state index contributed by atoms with van der Waals surface area (Å²) < 4.78 is 33.5. The van der Waals surface area contributed by atoms with E-state index in [0.29, 0.717) is 37.0 Å². The van der Waals surface area contributed by atoms with Crippen LogP contribution >= 0.6 is 11.6 Å². The summed E-state index contributed by atoms with van der Waals surface area (Å²) in [6.45, 7) is 6.07. The fraction of sp³-hybridized carbons (Fsp3) is 0.333. The van der Waals surface area contributed by atoms with Gasteiger partial charge in [-0.3, -0.25) is 0 Å². The number of hydrogen-bond acceptors (Lipinski definition) is 4. The minimum Gasteiger partial charge on any atom is -0.456 e. The molecule has 1 aliphatic rings. The number of halogens is 1. The van der Waals surface area contributed by atoms with E-state index in [-0.39, 0.29) is 10.6 Å². The molecule has 2 aromatic carbocycles. The lowest BCUT2D eigenvalue weighted by Gasteiger charge is -2.27. The number of ether oxygens (including phenoxy) is 1. The first-order chi connectivity index (χ1) is 11.9.